The number of carbonyl (C=O) groups is 1. The monoisotopic (exact) mass is 330 g/mol. The van der Waals surface area contributed by atoms with Crippen molar-refractivity contribution in [3.63, 3.8) is 0 Å². The fourth-order valence-corrected chi connectivity index (χ4v) is 2.76. The van der Waals surface area contributed by atoms with E-state index < -0.39 is 17.5 Å². The van der Waals surface area contributed by atoms with Crippen molar-refractivity contribution in [3.8, 4) is 10.6 Å². The van der Waals surface area contributed by atoms with Gasteiger partial charge in [-0.3, -0.25) is 9.78 Å². The van der Waals surface area contributed by atoms with E-state index in [4.69, 9.17) is 0 Å². The molecule has 3 rings (SSSR count). The van der Waals surface area contributed by atoms with Gasteiger partial charge in [-0.05, 0) is 47.3 Å². The Hall–Kier alpha value is -2.60. The molecule has 0 aliphatic rings. The third kappa shape index (κ3) is 3.60. The molecule has 0 spiro atoms. The van der Waals surface area contributed by atoms with Crippen molar-refractivity contribution >= 4 is 17.2 Å². The van der Waals surface area contributed by atoms with Crippen molar-refractivity contribution in [1.29, 1.82) is 0 Å². The first-order chi connectivity index (χ1) is 11.1. The molecule has 1 amide bonds. The molecule has 6 heteroatoms. The molecule has 3 nitrogen and oxygen atoms in total. The van der Waals surface area contributed by atoms with E-state index in [0.29, 0.717) is 0 Å². The summed E-state index contributed by atoms with van der Waals surface area (Å²) >= 11 is 1.58. The van der Waals surface area contributed by atoms with Gasteiger partial charge < -0.3 is 5.32 Å². The summed E-state index contributed by atoms with van der Waals surface area (Å²) in [6.07, 6.45) is 1.67. The zero-order valence-corrected chi connectivity index (χ0v) is 12.7. The zero-order chi connectivity index (χ0) is 16.2. The van der Waals surface area contributed by atoms with Crippen molar-refractivity contribution in [2.45, 2.75) is 6.54 Å². The predicted molar refractivity (Wildman–Crippen MR) is 85.1 cm³/mol. The molecule has 116 valence electrons. The number of hydrogen-bond donors (Lipinski definition) is 1. The van der Waals surface area contributed by atoms with Crippen LogP contribution in [-0.4, -0.2) is 10.9 Å². The highest BCUT2D eigenvalue weighted by molar-refractivity contribution is 7.13. The van der Waals surface area contributed by atoms with E-state index in [1.165, 1.54) is 6.07 Å². The standard InChI is InChI=1S/C17H12F2N2OS/c18-13-4-3-12(9-14(13)19)17(22)21-10-11-5-6-20-15(8-11)16-2-1-7-23-16/h1-9H,10H2,(H,21,22). The lowest BCUT2D eigenvalue weighted by Gasteiger charge is -2.07. The van der Waals surface area contributed by atoms with Gasteiger partial charge in [-0.1, -0.05) is 6.07 Å². The Balaban J connectivity index is 1.69. The van der Waals surface area contributed by atoms with Gasteiger partial charge in [0.1, 0.15) is 0 Å². The van der Waals surface area contributed by atoms with E-state index in [1.807, 2.05) is 23.6 Å². The van der Waals surface area contributed by atoms with Crippen LogP contribution < -0.4 is 5.32 Å². The van der Waals surface area contributed by atoms with E-state index in [0.717, 1.165) is 28.3 Å². The van der Waals surface area contributed by atoms with Crippen molar-refractivity contribution in [2.75, 3.05) is 0 Å². The number of nitrogens with zero attached hydrogens (tertiary/aromatic N) is 1. The largest absolute Gasteiger partial charge is 0.348 e. The van der Waals surface area contributed by atoms with Gasteiger partial charge in [0, 0.05) is 18.3 Å². The van der Waals surface area contributed by atoms with Gasteiger partial charge >= 0.3 is 0 Å². The minimum absolute atomic E-state index is 0.0800. The van der Waals surface area contributed by atoms with E-state index in [9.17, 15) is 13.6 Å². The number of carbonyl (C=O) groups excluding carboxylic acids is 1. The maximum Gasteiger partial charge on any atom is 0.251 e. The number of rotatable bonds is 4. The molecule has 0 saturated heterocycles. The lowest BCUT2D eigenvalue weighted by Crippen LogP contribution is -2.23. The molecule has 0 bridgehead atoms. The Bertz CT molecular complexity index is 834. The van der Waals surface area contributed by atoms with Crippen molar-refractivity contribution in [1.82, 2.24) is 10.3 Å². The summed E-state index contributed by atoms with van der Waals surface area (Å²) in [7, 11) is 0. The van der Waals surface area contributed by atoms with Crippen LogP contribution in [0.1, 0.15) is 15.9 Å². The smallest absolute Gasteiger partial charge is 0.251 e. The van der Waals surface area contributed by atoms with Crippen LogP contribution in [0.15, 0.2) is 54.0 Å². The number of benzene rings is 1. The third-order valence-electron chi connectivity index (χ3n) is 3.23. The first kappa shape index (κ1) is 15.3. The molecule has 0 saturated carbocycles. The van der Waals surface area contributed by atoms with Crippen molar-refractivity contribution in [3.05, 3.63) is 76.8 Å². The van der Waals surface area contributed by atoms with Crippen LogP contribution in [0.4, 0.5) is 8.78 Å². The van der Waals surface area contributed by atoms with Gasteiger partial charge in [-0.2, -0.15) is 0 Å². The molecule has 0 fully saturated rings. The van der Waals surface area contributed by atoms with E-state index in [1.54, 1.807) is 23.6 Å². The number of hydrogen-bond acceptors (Lipinski definition) is 3. The summed E-state index contributed by atoms with van der Waals surface area (Å²) in [5.74, 6) is -2.48. The van der Waals surface area contributed by atoms with Gasteiger partial charge in [0.2, 0.25) is 0 Å². The Morgan fingerprint density at radius 3 is 2.74 bits per heavy atom. The molecule has 3 aromatic rings. The summed E-state index contributed by atoms with van der Waals surface area (Å²) in [6, 6.07) is 10.7. The maximum absolute atomic E-state index is 13.2. The first-order valence-corrected chi connectivity index (χ1v) is 7.73. The molecular formula is C17H12F2N2OS. The Morgan fingerprint density at radius 1 is 1.13 bits per heavy atom. The molecule has 1 N–H and O–H groups in total. The van der Waals surface area contributed by atoms with Crippen LogP contribution in [0.25, 0.3) is 10.6 Å². The minimum atomic E-state index is -1.04. The number of thiophene rings is 1. The number of amides is 1. The maximum atomic E-state index is 13.2. The molecule has 23 heavy (non-hydrogen) atoms. The summed E-state index contributed by atoms with van der Waals surface area (Å²) < 4.78 is 26.0. The second-order valence-corrected chi connectivity index (χ2v) is 5.79. The lowest BCUT2D eigenvalue weighted by atomic mass is 10.1. The van der Waals surface area contributed by atoms with Crippen LogP contribution in [0, 0.1) is 11.6 Å². The van der Waals surface area contributed by atoms with Gasteiger partial charge in [-0.25, -0.2) is 8.78 Å². The molecule has 0 aliphatic carbocycles. The van der Waals surface area contributed by atoms with Crippen LogP contribution >= 0.6 is 11.3 Å². The van der Waals surface area contributed by atoms with Gasteiger partial charge in [0.15, 0.2) is 11.6 Å². The van der Waals surface area contributed by atoms with E-state index >= 15 is 0 Å². The Morgan fingerprint density at radius 2 is 2.00 bits per heavy atom. The second kappa shape index (κ2) is 6.66. The predicted octanol–water partition coefficient (Wildman–Crippen LogP) is 4.02. The Kier molecular flexibility index (Phi) is 4.43. The number of aromatic nitrogens is 1. The quantitative estimate of drug-likeness (QED) is 0.785. The van der Waals surface area contributed by atoms with E-state index in [-0.39, 0.29) is 12.1 Å². The van der Waals surface area contributed by atoms with Gasteiger partial charge in [-0.15, -0.1) is 11.3 Å². The fraction of sp³-hybridized carbons (Fsp3) is 0.0588. The topological polar surface area (TPSA) is 42.0 Å². The van der Waals surface area contributed by atoms with Crippen LogP contribution in [0.3, 0.4) is 0 Å². The molecule has 2 heterocycles. The highest BCUT2D eigenvalue weighted by atomic mass is 32.1. The SMILES string of the molecule is O=C(NCc1ccnc(-c2cccs2)c1)c1ccc(F)c(F)c1. The van der Waals surface area contributed by atoms with Gasteiger partial charge in [0.05, 0.1) is 10.6 Å². The molecule has 2 aromatic heterocycles. The van der Waals surface area contributed by atoms with Crippen LogP contribution in [-0.2, 0) is 6.54 Å². The molecule has 0 atom stereocenters. The molecular weight excluding hydrogens is 318 g/mol. The summed E-state index contributed by atoms with van der Waals surface area (Å²) in [5, 5.41) is 4.65. The average molecular weight is 330 g/mol. The third-order valence-corrected chi connectivity index (χ3v) is 4.13. The first-order valence-electron chi connectivity index (χ1n) is 6.85. The zero-order valence-electron chi connectivity index (χ0n) is 11.9. The number of pyridine rings is 1. The summed E-state index contributed by atoms with van der Waals surface area (Å²) in [5.41, 5.74) is 1.79. The normalized spacial score (nSPS) is 10.5. The number of nitrogens with one attached hydrogen (secondary N) is 1. The summed E-state index contributed by atoms with van der Waals surface area (Å²) in [6.45, 7) is 0.277. The van der Waals surface area contributed by atoms with Crippen molar-refractivity contribution in [2.24, 2.45) is 0 Å². The lowest BCUT2D eigenvalue weighted by molar-refractivity contribution is 0.0950. The highest BCUT2D eigenvalue weighted by Gasteiger charge is 2.10. The van der Waals surface area contributed by atoms with Gasteiger partial charge in [0.25, 0.3) is 5.91 Å². The molecule has 0 unspecified atom stereocenters. The van der Waals surface area contributed by atoms with Crippen molar-refractivity contribution < 1.29 is 13.6 Å². The van der Waals surface area contributed by atoms with E-state index in [2.05, 4.69) is 10.3 Å². The van der Waals surface area contributed by atoms with Crippen LogP contribution in [0.2, 0.25) is 0 Å². The van der Waals surface area contributed by atoms with Crippen LogP contribution in [0.5, 0.6) is 0 Å². The fourth-order valence-electron chi connectivity index (χ4n) is 2.07. The summed E-state index contributed by atoms with van der Waals surface area (Å²) in [4.78, 5) is 17.3. The Labute approximate surface area is 135 Å². The molecule has 1 aromatic carbocycles. The average Bonchev–Trinajstić information content (AvgIpc) is 3.10. The second-order valence-electron chi connectivity index (χ2n) is 4.84. The molecule has 0 radical (unpaired) electrons. The highest BCUT2D eigenvalue weighted by Crippen LogP contribution is 2.23. The number of halogens is 2. The molecule has 0 aliphatic heterocycles. The minimum Gasteiger partial charge on any atom is -0.348 e.